The molecule has 18 heavy (non-hydrogen) atoms. The first-order chi connectivity index (χ1) is 8.45. The van der Waals surface area contributed by atoms with E-state index in [9.17, 15) is 4.79 Å². The van der Waals surface area contributed by atoms with Crippen molar-refractivity contribution in [2.75, 3.05) is 11.9 Å². The lowest BCUT2D eigenvalue weighted by Gasteiger charge is -2.34. The van der Waals surface area contributed by atoms with Crippen molar-refractivity contribution in [3.05, 3.63) is 22.2 Å². The maximum absolute atomic E-state index is 12.1. The summed E-state index contributed by atoms with van der Waals surface area (Å²) in [7, 11) is 1.70. The van der Waals surface area contributed by atoms with E-state index in [1.807, 2.05) is 13.8 Å². The summed E-state index contributed by atoms with van der Waals surface area (Å²) in [5, 5.41) is 8.94. The van der Waals surface area contributed by atoms with Crippen molar-refractivity contribution in [3.8, 4) is 11.8 Å². The minimum atomic E-state index is -0.480. The second-order valence-corrected chi connectivity index (χ2v) is 5.45. The molecule has 0 saturated heterocycles. The Morgan fingerprint density at radius 3 is 2.72 bits per heavy atom. The van der Waals surface area contributed by atoms with Crippen molar-refractivity contribution in [3.63, 3.8) is 0 Å². The number of benzene rings is 1. The van der Waals surface area contributed by atoms with Gasteiger partial charge in [0.05, 0.1) is 21.8 Å². The molecule has 5 heteroatoms. The largest absolute Gasteiger partial charge is 0.477 e. The fourth-order valence-corrected chi connectivity index (χ4v) is 2.46. The fraction of sp³-hybridized carbons (Fsp3) is 0.385. The smallest absolute Gasteiger partial charge is 0.268 e. The van der Waals surface area contributed by atoms with Crippen LogP contribution in [0.1, 0.15) is 19.4 Å². The van der Waals surface area contributed by atoms with Gasteiger partial charge in [-0.1, -0.05) is 13.8 Å². The quantitative estimate of drug-likeness (QED) is 0.801. The lowest BCUT2D eigenvalue weighted by Crippen LogP contribution is -2.46. The highest BCUT2D eigenvalue weighted by atomic mass is 79.9. The summed E-state index contributed by atoms with van der Waals surface area (Å²) in [6.45, 7) is 3.89. The van der Waals surface area contributed by atoms with Crippen LogP contribution in [-0.2, 0) is 4.79 Å². The maximum Gasteiger partial charge on any atom is 0.268 e. The number of hydrogen-bond donors (Lipinski definition) is 0. The van der Waals surface area contributed by atoms with Gasteiger partial charge >= 0.3 is 0 Å². The summed E-state index contributed by atoms with van der Waals surface area (Å²) < 4.78 is 6.45. The van der Waals surface area contributed by atoms with Crippen molar-refractivity contribution >= 4 is 27.5 Å². The second-order valence-electron chi connectivity index (χ2n) is 4.60. The van der Waals surface area contributed by atoms with E-state index in [-0.39, 0.29) is 11.8 Å². The Labute approximate surface area is 114 Å². The SMILES string of the molecule is CC(C)C1Oc2c(Br)cc(C#N)cc2N(C)C1=O. The van der Waals surface area contributed by atoms with Gasteiger partial charge in [-0.25, -0.2) is 0 Å². The van der Waals surface area contributed by atoms with Crippen molar-refractivity contribution in [1.82, 2.24) is 0 Å². The van der Waals surface area contributed by atoms with Gasteiger partial charge in [0, 0.05) is 7.05 Å². The lowest BCUT2D eigenvalue weighted by molar-refractivity contribution is -0.127. The molecule has 0 spiro atoms. The van der Waals surface area contributed by atoms with Crippen LogP contribution in [0.3, 0.4) is 0 Å². The number of nitrogens with zero attached hydrogens (tertiary/aromatic N) is 2. The van der Waals surface area contributed by atoms with Crippen LogP contribution in [0.2, 0.25) is 0 Å². The third kappa shape index (κ3) is 1.97. The number of anilines is 1. The first-order valence-corrected chi connectivity index (χ1v) is 6.43. The molecule has 1 heterocycles. The van der Waals surface area contributed by atoms with E-state index < -0.39 is 6.10 Å². The number of fused-ring (bicyclic) bond motifs is 1. The summed E-state index contributed by atoms with van der Waals surface area (Å²) in [5.41, 5.74) is 1.12. The molecule has 0 aromatic heterocycles. The minimum Gasteiger partial charge on any atom is -0.477 e. The van der Waals surface area contributed by atoms with E-state index in [1.165, 1.54) is 0 Å². The number of carbonyl (C=O) groups is 1. The molecule has 0 aliphatic carbocycles. The van der Waals surface area contributed by atoms with Crippen molar-refractivity contribution in [2.45, 2.75) is 20.0 Å². The van der Waals surface area contributed by atoms with E-state index >= 15 is 0 Å². The topological polar surface area (TPSA) is 53.3 Å². The van der Waals surface area contributed by atoms with Crippen LogP contribution in [0.4, 0.5) is 5.69 Å². The van der Waals surface area contributed by atoms with Gasteiger partial charge in [0.2, 0.25) is 0 Å². The molecule has 1 aromatic carbocycles. The Kier molecular flexibility index (Phi) is 3.31. The number of amides is 1. The Bertz CT molecular complexity index is 549. The molecule has 0 saturated carbocycles. The summed E-state index contributed by atoms with van der Waals surface area (Å²) in [6.07, 6.45) is -0.480. The Hall–Kier alpha value is -1.54. The van der Waals surface area contributed by atoms with Crippen molar-refractivity contribution in [1.29, 1.82) is 5.26 Å². The molecule has 94 valence electrons. The average Bonchev–Trinajstić information content (AvgIpc) is 2.33. The van der Waals surface area contributed by atoms with E-state index in [1.54, 1.807) is 24.1 Å². The molecule has 1 amide bonds. The number of ether oxygens (including phenoxy) is 1. The number of carbonyl (C=O) groups excluding carboxylic acids is 1. The monoisotopic (exact) mass is 308 g/mol. The fourth-order valence-electron chi connectivity index (χ4n) is 1.92. The molecule has 1 aromatic rings. The zero-order chi connectivity index (χ0) is 13.4. The molecule has 0 N–H and O–H groups in total. The molecular weight excluding hydrogens is 296 g/mol. The molecule has 0 bridgehead atoms. The van der Waals surface area contributed by atoms with E-state index in [2.05, 4.69) is 22.0 Å². The van der Waals surface area contributed by atoms with Crippen LogP contribution in [-0.4, -0.2) is 19.1 Å². The first-order valence-electron chi connectivity index (χ1n) is 5.63. The molecule has 0 fully saturated rings. The standard InChI is InChI=1S/C13H13BrN2O2/c1-7(2)11-13(17)16(3)10-5-8(6-15)4-9(14)12(10)18-11/h4-5,7,11H,1-3H3. The third-order valence-corrected chi connectivity index (χ3v) is 3.53. The van der Waals surface area contributed by atoms with Crippen LogP contribution < -0.4 is 9.64 Å². The second kappa shape index (κ2) is 4.62. The van der Waals surface area contributed by atoms with Gasteiger partial charge in [-0.2, -0.15) is 5.26 Å². The predicted octanol–water partition coefficient (Wildman–Crippen LogP) is 2.70. The molecule has 1 atom stereocenters. The lowest BCUT2D eigenvalue weighted by atomic mass is 10.0. The van der Waals surface area contributed by atoms with Crippen LogP contribution in [0.25, 0.3) is 0 Å². The molecule has 0 radical (unpaired) electrons. The van der Waals surface area contributed by atoms with Crippen LogP contribution >= 0.6 is 15.9 Å². The summed E-state index contributed by atoms with van der Waals surface area (Å²) in [6, 6.07) is 5.42. The number of hydrogen-bond acceptors (Lipinski definition) is 3. The maximum atomic E-state index is 12.1. The first kappa shape index (κ1) is 12.9. The third-order valence-electron chi connectivity index (χ3n) is 2.94. The zero-order valence-electron chi connectivity index (χ0n) is 10.4. The average molecular weight is 309 g/mol. The van der Waals surface area contributed by atoms with E-state index in [4.69, 9.17) is 10.00 Å². The molecule has 4 nitrogen and oxygen atoms in total. The summed E-state index contributed by atoms with van der Waals surface area (Å²) in [4.78, 5) is 13.7. The van der Waals surface area contributed by atoms with Gasteiger partial charge in [0.1, 0.15) is 0 Å². The van der Waals surface area contributed by atoms with Gasteiger partial charge in [-0.3, -0.25) is 4.79 Å². The van der Waals surface area contributed by atoms with Crippen molar-refractivity contribution < 1.29 is 9.53 Å². The highest BCUT2D eigenvalue weighted by molar-refractivity contribution is 9.10. The van der Waals surface area contributed by atoms with Gasteiger partial charge in [0.25, 0.3) is 5.91 Å². The number of likely N-dealkylation sites (N-methyl/N-ethyl adjacent to an activating group) is 1. The van der Waals surface area contributed by atoms with Crippen molar-refractivity contribution in [2.24, 2.45) is 5.92 Å². The molecule has 1 aliphatic heterocycles. The van der Waals surface area contributed by atoms with E-state index in [0.717, 1.165) is 0 Å². The van der Waals surface area contributed by atoms with E-state index in [0.29, 0.717) is 21.5 Å². The normalized spacial score (nSPS) is 18.3. The minimum absolute atomic E-state index is 0.0838. The molecule has 1 aliphatic rings. The highest BCUT2D eigenvalue weighted by Crippen LogP contribution is 2.41. The van der Waals surface area contributed by atoms with Crippen LogP contribution in [0, 0.1) is 17.2 Å². The van der Waals surface area contributed by atoms with Gasteiger partial charge < -0.3 is 9.64 Å². The number of halogens is 1. The zero-order valence-corrected chi connectivity index (χ0v) is 12.0. The molecule has 1 unspecified atom stereocenters. The van der Waals surface area contributed by atoms with Gasteiger partial charge in [-0.05, 0) is 34.0 Å². The number of nitriles is 1. The van der Waals surface area contributed by atoms with Gasteiger partial charge in [-0.15, -0.1) is 0 Å². The van der Waals surface area contributed by atoms with Crippen LogP contribution in [0.15, 0.2) is 16.6 Å². The Morgan fingerprint density at radius 2 is 2.17 bits per heavy atom. The summed E-state index contributed by atoms with van der Waals surface area (Å²) in [5.74, 6) is 0.630. The Morgan fingerprint density at radius 1 is 1.50 bits per heavy atom. The molecule has 2 rings (SSSR count). The summed E-state index contributed by atoms with van der Waals surface area (Å²) >= 11 is 3.38. The van der Waals surface area contributed by atoms with Crippen LogP contribution in [0.5, 0.6) is 5.75 Å². The Balaban J connectivity index is 2.56. The highest BCUT2D eigenvalue weighted by Gasteiger charge is 2.35. The predicted molar refractivity (Wildman–Crippen MR) is 71.5 cm³/mol. The number of rotatable bonds is 1. The van der Waals surface area contributed by atoms with Gasteiger partial charge in [0.15, 0.2) is 11.9 Å². The molecular formula is C13H13BrN2O2.